The molecule has 0 spiro atoms. The summed E-state index contributed by atoms with van der Waals surface area (Å²) in [5.74, 6) is 0. The molecule has 7 aromatic carbocycles. The summed E-state index contributed by atoms with van der Waals surface area (Å²) in [6.45, 7) is 0.424. The number of para-hydroxylation sites is 5. The molecule has 0 amide bonds. The van der Waals surface area contributed by atoms with Crippen molar-refractivity contribution in [3.05, 3.63) is 193 Å². The van der Waals surface area contributed by atoms with Crippen LogP contribution in [0.25, 0.3) is 66.3 Å². The van der Waals surface area contributed by atoms with Gasteiger partial charge in [0.05, 0.1) is 16.7 Å². The van der Waals surface area contributed by atoms with Crippen molar-refractivity contribution in [2.24, 2.45) is 11.5 Å². The van der Waals surface area contributed by atoms with Crippen LogP contribution < -0.4 is 11.5 Å². The van der Waals surface area contributed by atoms with Crippen LogP contribution in [0.15, 0.2) is 180 Å². The van der Waals surface area contributed by atoms with E-state index in [1.165, 1.54) is 49.3 Å². The van der Waals surface area contributed by atoms with Crippen LogP contribution in [0.2, 0.25) is 0 Å². The number of nitrogens with zero attached hydrogens (tertiary/aromatic N) is 1. The van der Waals surface area contributed by atoms with Gasteiger partial charge in [-0.05, 0) is 53.5 Å². The molecule has 0 bridgehead atoms. The number of aromatic nitrogens is 1. The van der Waals surface area contributed by atoms with Crippen LogP contribution in [0.1, 0.15) is 16.7 Å². The molecular weight excluding hydrogens is 611 g/mol. The van der Waals surface area contributed by atoms with Crippen LogP contribution in [0, 0.1) is 0 Å². The van der Waals surface area contributed by atoms with Crippen molar-refractivity contribution in [1.82, 2.24) is 4.57 Å². The van der Waals surface area contributed by atoms with Crippen molar-refractivity contribution in [2.75, 3.05) is 6.54 Å². The molecule has 0 aliphatic heterocycles. The summed E-state index contributed by atoms with van der Waals surface area (Å²) in [6.07, 6.45) is 2.79. The Morgan fingerprint density at radius 3 is 1.92 bits per heavy atom. The fourth-order valence-corrected chi connectivity index (χ4v) is 6.99. The molecule has 0 saturated carbocycles. The highest BCUT2D eigenvalue weighted by Gasteiger charge is 2.15. The van der Waals surface area contributed by atoms with Gasteiger partial charge in [-0.1, -0.05) is 146 Å². The van der Waals surface area contributed by atoms with E-state index in [0.29, 0.717) is 12.2 Å². The summed E-state index contributed by atoms with van der Waals surface area (Å²) >= 11 is 0. The fraction of sp³-hybridized carbons (Fsp3) is 0.0435. The monoisotopic (exact) mass is 647 g/mol. The minimum atomic E-state index is 0.424. The molecule has 4 nitrogen and oxygen atoms in total. The van der Waals surface area contributed by atoms with E-state index in [0.717, 1.165) is 34.4 Å². The number of rotatable bonds is 6. The van der Waals surface area contributed by atoms with E-state index in [-0.39, 0.29) is 0 Å². The van der Waals surface area contributed by atoms with Gasteiger partial charge in [-0.15, -0.1) is 0 Å². The van der Waals surface area contributed by atoms with Crippen molar-refractivity contribution in [2.45, 2.75) is 6.42 Å². The quantitative estimate of drug-likeness (QED) is 0.189. The first-order chi connectivity index (χ1) is 24.7. The van der Waals surface area contributed by atoms with E-state index in [4.69, 9.17) is 15.9 Å². The maximum absolute atomic E-state index is 6.27. The second-order valence-electron chi connectivity index (χ2n) is 12.4. The Morgan fingerprint density at radius 1 is 0.560 bits per heavy atom. The highest BCUT2D eigenvalue weighted by molar-refractivity contribution is 6.10. The zero-order valence-electron chi connectivity index (χ0n) is 27.7. The van der Waals surface area contributed by atoms with E-state index in [2.05, 4.69) is 144 Å². The molecule has 4 heteroatoms. The van der Waals surface area contributed by atoms with Gasteiger partial charge in [0.1, 0.15) is 11.2 Å². The first-order valence-corrected chi connectivity index (χ1v) is 17.0. The number of nitrogens with two attached hydrogens (primary N) is 2. The van der Waals surface area contributed by atoms with Crippen LogP contribution >= 0.6 is 0 Å². The highest BCUT2D eigenvalue weighted by atomic mass is 16.3. The molecule has 9 aromatic rings. The third-order valence-electron chi connectivity index (χ3n) is 9.27. The zero-order chi connectivity index (χ0) is 33.9. The van der Waals surface area contributed by atoms with Gasteiger partial charge in [0.25, 0.3) is 0 Å². The Labute approximate surface area is 291 Å². The lowest BCUT2D eigenvalue weighted by Gasteiger charge is -2.13. The molecule has 4 N–H and O–H groups in total. The van der Waals surface area contributed by atoms with Gasteiger partial charge in [-0.3, -0.25) is 0 Å². The van der Waals surface area contributed by atoms with Gasteiger partial charge in [-0.25, -0.2) is 0 Å². The maximum atomic E-state index is 6.27. The Balaban J connectivity index is 0.000000145. The lowest BCUT2D eigenvalue weighted by Crippen LogP contribution is -2.06. The van der Waals surface area contributed by atoms with Crippen molar-refractivity contribution in [3.8, 4) is 16.8 Å². The van der Waals surface area contributed by atoms with Gasteiger partial charge in [0.15, 0.2) is 0 Å². The van der Waals surface area contributed by atoms with E-state index >= 15 is 0 Å². The Bertz CT molecular complexity index is 2570. The van der Waals surface area contributed by atoms with Gasteiger partial charge in [0, 0.05) is 44.9 Å². The molecule has 9 rings (SSSR count). The third kappa shape index (κ3) is 5.83. The van der Waals surface area contributed by atoms with E-state index in [1.54, 1.807) is 0 Å². The second-order valence-corrected chi connectivity index (χ2v) is 12.4. The predicted octanol–water partition coefficient (Wildman–Crippen LogP) is 10.9. The molecule has 0 saturated heterocycles. The Kier molecular flexibility index (Phi) is 8.44. The standard InChI is InChI=1S/C25H18O.C21H19N3/c1-2-8-18(9-3-1)16-19-10-6-11-20(17-19)21-13-7-14-23-22-12-4-5-15-24(22)26-25(21)23;22-14-13-18(23)17-9-3-6-12-21(17)24-19-10-4-1-7-15(19)16-8-2-5-11-20(16)24/h1-15,17H,16H2;1-13H,14,22-23H2/b;18-13-. The number of hydrogen-bond donors (Lipinski definition) is 2. The van der Waals surface area contributed by atoms with Crippen LogP contribution in [0.3, 0.4) is 0 Å². The first kappa shape index (κ1) is 30.9. The fourth-order valence-electron chi connectivity index (χ4n) is 6.99. The summed E-state index contributed by atoms with van der Waals surface area (Å²) in [6, 6.07) is 59.1. The Morgan fingerprint density at radius 2 is 1.16 bits per heavy atom. The summed E-state index contributed by atoms with van der Waals surface area (Å²) in [4.78, 5) is 0. The normalized spacial score (nSPS) is 11.7. The molecule has 0 atom stereocenters. The smallest absolute Gasteiger partial charge is 0.143 e. The zero-order valence-corrected chi connectivity index (χ0v) is 27.7. The number of benzene rings is 7. The molecule has 2 heterocycles. The first-order valence-electron chi connectivity index (χ1n) is 17.0. The number of furan rings is 1. The van der Waals surface area contributed by atoms with E-state index in [9.17, 15) is 0 Å². The van der Waals surface area contributed by atoms with Crippen LogP contribution in [-0.4, -0.2) is 11.1 Å². The summed E-state index contributed by atoms with van der Waals surface area (Å²) in [5, 5.41) is 4.82. The lowest BCUT2D eigenvalue weighted by atomic mass is 9.98. The van der Waals surface area contributed by atoms with E-state index < -0.39 is 0 Å². The SMILES string of the molecule is NC/C=C(\N)c1ccccc1-n1c2ccccc2c2ccccc21.c1ccc(Cc2cccc(-c3cccc4c3oc3ccccc34)c2)cc1. The average Bonchev–Trinajstić information content (AvgIpc) is 3.72. The molecule has 0 fully saturated rings. The largest absolute Gasteiger partial charge is 0.455 e. The molecule has 0 unspecified atom stereocenters. The van der Waals surface area contributed by atoms with E-state index in [1.807, 2.05) is 36.4 Å². The van der Waals surface area contributed by atoms with Gasteiger partial charge < -0.3 is 20.5 Å². The summed E-state index contributed by atoms with van der Waals surface area (Å²) in [5.41, 5.74) is 23.9. The molecule has 0 aliphatic carbocycles. The van der Waals surface area contributed by atoms with Gasteiger partial charge in [0.2, 0.25) is 0 Å². The topological polar surface area (TPSA) is 70.1 Å². The number of hydrogen-bond acceptors (Lipinski definition) is 3. The maximum Gasteiger partial charge on any atom is 0.143 e. The predicted molar refractivity (Wildman–Crippen MR) is 210 cm³/mol. The molecular formula is C46H37N3O. The van der Waals surface area contributed by atoms with Gasteiger partial charge in [-0.2, -0.15) is 0 Å². The van der Waals surface area contributed by atoms with Gasteiger partial charge >= 0.3 is 0 Å². The van der Waals surface area contributed by atoms with Crippen molar-refractivity contribution < 1.29 is 4.42 Å². The molecule has 0 aliphatic rings. The molecule has 242 valence electrons. The van der Waals surface area contributed by atoms with Crippen molar-refractivity contribution >= 4 is 49.4 Å². The lowest BCUT2D eigenvalue weighted by molar-refractivity contribution is 0.670. The average molecular weight is 648 g/mol. The Hall–Kier alpha value is -6.36. The van der Waals surface area contributed by atoms with Crippen LogP contribution in [-0.2, 0) is 6.42 Å². The molecule has 2 aromatic heterocycles. The minimum absolute atomic E-state index is 0.424. The van der Waals surface area contributed by atoms with Crippen LogP contribution in [0.4, 0.5) is 0 Å². The van der Waals surface area contributed by atoms with Crippen LogP contribution in [0.5, 0.6) is 0 Å². The summed E-state index contributed by atoms with van der Waals surface area (Å²) < 4.78 is 8.47. The van der Waals surface area contributed by atoms with Crippen molar-refractivity contribution in [1.29, 1.82) is 0 Å². The number of fused-ring (bicyclic) bond motifs is 6. The highest BCUT2D eigenvalue weighted by Crippen LogP contribution is 2.36. The third-order valence-corrected chi connectivity index (χ3v) is 9.27. The molecule has 50 heavy (non-hydrogen) atoms. The molecule has 0 radical (unpaired) electrons. The second kappa shape index (κ2) is 13.6. The van der Waals surface area contributed by atoms with Crippen molar-refractivity contribution in [3.63, 3.8) is 0 Å². The minimum Gasteiger partial charge on any atom is -0.455 e. The summed E-state index contributed by atoms with van der Waals surface area (Å²) in [7, 11) is 0.